The van der Waals surface area contributed by atoms with Crippen molar-refractivity contribution in [3.8, 4) is 11.1 Å². The summed E-state index contributed by atoms with van der Waals surface area (Å²) < 4.78 is 4.57. The van der Waals surface area contributed by atoms with Crippen LogP contribution in [0.2, 0.25) is 0 Å². The predicted octanol–water partition coefficient (Wildman–Crippen LogP) is 3.89. The molecule has 1 fully saturated rings. The molecule has 0 amide bonds. The summed E-state index contributed by atoms with van der Waals surface area (Å²) in [6, 6.07) is 18.8. The minimum absolute atomic E-state index is 0.319. The van der Waals surface area contributed by atoms with E-state index in [-0.39, 0.29) is 11.2 Å². The van der Waals surface area contributed by atoms with Gasteiger partial charge in [0.15, 0.2) is 11.2 Å². The maximum atomic E-state index is 13.2. The van der Waals surface area contributed by atoms with Crippen molar-refractivity contribution in [2.24, 2.45) is 14.1 Å². The second-order valence-electron chi connectivity index (χ2n) is 8.90. The fraction of sp³-hybridized carbons (Fsp3) is 0.346. The summed E-state index contributed by atoms with van der Waals surface area (Å²) in [5.41, 5.74) is 3.50. The lowest BCUT2D eigenvalue weighted by Crippen LogP contribution is -2.37. The highest BCUT2D eigenvalue weighted by atomic mass is 16.2. The van der Waals surface area contributed by atoms with Gasteiger partial charge in [-0.2, -0.15) is 4.98 Å². The van der Waals surface area contributed by atoms with Crippen LogP contribution in [0.4, 0.5) is 5.95 Å². The van der Waals surface area contributed by atoms with Crippen molar-refractivity contribution in [2.75, 3.05) is 5.32 Å². The highest BCUT2D eigenvalue weighted by molar-refractivity contribution is 5.75. The normalized spacial score (nSPS) is 14.6. The lowest BCUT2D eigenvalue weighted by atomic mass is 9.96. The van der Waals surface area contributed by atoms with Crippen molar-refractivity contribution in [3.05, 3.63) is 81.0 Å². The van der Waals surface area contributed by atoms with Gasteiger partial charge in [-0.15, -0.1) is 0 Å². The van der Waals surface area contributed by atoms with Gasteiger partial charge in [-0.05, 0) is 29.5 Å². The fourth-order valence-electron chi connectivity index (χ4n) is 4.87. The first-order valence-electron chi connectivity index (χ1n) is 11.6. The number of benzene rings is 2. The Morgan fingerprint density at radius 2 is 1.61 bits per heavy atom. The Labute approximate surface area is 192 Å². The number of hydrogen-bond acceptors (Lipinski definition) is 4. The molecule has 0 atom stereocenters. The van der Waals surface area contributed by atoms with Gasteiger partial charge in [0.25, 0.3) is 5.56 Å². The molecule has 33 heavy (non-hydrogen) atoms. The molecule has 2 aromatic carbocycles. The number of fused-ring (bicyclic) bond motifs is 1. The highest BCUT2D eigenvalue weighted by Gasteiger charge is 2.22. The minimum Gasteiger partial charge on any atom is -0.353 e. The van der Waals surface area contributed by atoms with E-state index in [4.69, 9.17) is 4.98 Å². The van der Waals surface area contributed by atoms with Gasteiger partial charge in [0.05, 0.1) is 6.54 Å². The van der Waals surface area contributed by atoms with Gasteiger partial charge in [-0.25, -0.2) is 4.79 Å². The third kappa shape index (κ3) is 3.88. The number of nitrogens with zero attached hydrogens (tertiary/aromatic N) is 4. The smallest absolute Gasteiger partial charge is 0.332 e. The first kappa shape index (κ1) is 21.2. The molecule has 5 rings (SSSR count). The predicted molar refractivity (Wildman–Crippen MR) is 132 cm³/mol. The Hall–Kier alpha value is -3.61. The topological polar surface area (TPSA) is 73.8 Å². The van der Waals surface area contributed by atoms with Crippen LogP contribution in [0.25, 0.3) is 22.3 Å². The Balaban J connectivity index is 1.68. The summed E-state index contributed by atoms with van der Waals surface area (Å²) in [6.07, 6.45) is 5.81. The van der Waals surface area contributed by atoms with E-state index in [9.17, 15) is 9.59 Å². The van der Waals surface area contributed by atoms with Gasteiger partial charge in [0.2, 0.25) is 5.95 Å². The Morgan fingerprint density at radius 1 is 0.909 bits per heavy atom. The van der Waals surface area contributed by atoms with Gasteiger partial charge < -0.3 is 5.32 Å². The van der Waals surface area contributed by atoms with E-state index >= 15 is 0 Å². The van der Waals surface area contributed by atoms with Crippen LogP contribution in [0, 0.1) is 0 Å². The summed E-state index contributed by atoms with van der Waals surface area (Å²) in [6.45, 7) is 0.476. The zero-order valence-corrected chi connectivity index (χ0v) is 19.1. The molecule has 1 aliphatic rings. The van der Waals surface area contributed by atoms with Crippen molar-refractivity contribution in [2.45, 2.75) is 44.7 Å². The zero-order valence-electron chi connectivity index (χ0n) is 19.1. The lowest BCUT2D eigenvalue weighted by Gasteiger charge is -2.24. The molecule has 170 valence electrons. The van der Waals surface area contributed by atoms with E-state index in [1.54, 1.807) is 7.05 Å². The van der Waals surface area contributed by atoms with E-state index in [0.717, 1.165) is 34.1 Å². The lowest BCUT2D eigenvalue weighted by molar-refractivity contribution is 0.459. The van der Waals surface area contributed by atoms with Crippen LogP contribution in [-0.2, 0) is 20.6 Å². The van der Waals surface area contributed by atoms with E-state index in [1.165, 1.54) is 30.9 Å². The largest absolute Gasteiger partial charge is 0.353 e. The SMILES string of the molecule is Cn1c(=O)c2c(nc(NC3CCCCC3)n2Cc2ccccc2-c2ccccc2)n(C)c1=O. The molecule has 1 aliphatic carbocycles. The monoisotopic (exact) mass is 443 g/mol. The molecule has 0 bridgehead atoms. The van der Waals surface area contributed by atoms with Crippen molar-refractivity contribution in [3.63, 3.8) is 0 Å². The molecule has 7 nitrogen and oxygen atoms in total. The van der Waals surface area contributed by atoms with E-state index < -0.39 is 0 Å². The third-order valence-corrected chi connectivity index (χ3v) is 6.72. The van der Waals surface area contributed by atoms with Crippen molar-refractivity contribution in [1.82, 2.24) is 18.7 Å². The summed E-state index contributed by atoms with van der Waals surface area (Å²) in [7, 11) is 3.19. The molecule has 0 aliphatic heterocycles. The summed E-state index contributed by atoms with van der Waals surface area (Å²) in [5.74, 6) is 0.651. The number of nitrogens with one attached hydrogen (secondary N) is 1. The van der Waals surface area contributed by atoms with Crippen molar-refractivity contribution >= 4 is 17.1 Å². The Bertz CT molecular complexity index is 1410. The molecular formula is C26H29N5O2. The van der Waals surface area contributed by atoms with Gasteiger partial charge in [0, 0.05) is 20.1 Å². The minimum atomic E-state index is -0.369. The van der Waals surface area contributed by atoms with Crippen LogP contribution in [0.1, 0.15) is 37.7 Å². The number of hydrogen-bond donors (Lipinski definition) is 1. The Morgan fingerprint density at radius 3 is 2.36 bits per heavy atom. The number of rotatable bonds is 5. The second-order valence-corrected chi connectivity index (χ2v) is 8.90. The average Bonchev–Trinajstić information content (AvgIpc) is 3.20. The standard InChI is InChI=1S/C26H29N5O2/c1-29-23-22(24(32)30(2)26(29)33)31(25(28-23)27-20-14-7-4-8-15-20)17-19-13-9-10-16-21(19)18-11-5-3-6-12-18/h3,5-6,9-13,16,20H,4,7-8,14-15,17H2,1-2H3,(H,27,28). The quantitative estimate of drug-likeness (QED) is 0.508. The molecule has 1 saturated carbocycles. The highest BCUT2D eigenvalue weighted by Crippen LogP contribution is 2.28. The number of anilines is 1. The van der Waals surface area contributed by atoms with Crippen molar-refractivity contribution in [1.29, 1.82) is 0 Å². The molecule has 0 unspecified atom stereocenters. The summed E-state index contributed by atoms with van der Waals surface area (Å²) in [4.78, 5) is 30.6. The number of aromatic nitrogens is 4. The van der Waals surface area contributed by atoms with Crippen molar-refractivity contribution < 1.29 is 0 Å². The average molecular weight is 444 g/mol. The fourth-order valence-corrected chi connectivity index (χ4v) is 4.87. The van der Waals surface area contributed by atoms with Gasteiger partial charge >= 0.3 is 5.69 Å². The zero-order chi connectivity index (χ0) is 22.9. The Kier molecular flexibility index (Phi) is 5.62. The summed E-state index contributed by atoms with van der Waals surface area (Å²) in [5, 5.41) is 3.60. The van der Waals surface area contributed by atoms with E-state index in [0.29, 0.717) is 29.7 Å². The second kappa shape index (κ2) is 8.73. The van der Waals surface area contributed by atoms with Crippen LogP contribution in [0.3, 0.4) is 0 Å². The maximum Gasteiger partial charge on any atom is 0.332 e. The molecule has 0 saturated heterocycles. The first-order valence-corrected chi connectivity index (χ1v) is 11.6. The molecule has 7 heteroatoms. The van der Waals surface area contributed by atoms with Gasteiger partial charge in [-0.3, -0.25) is 18.5 Å². The molecule has 1 N–H and O–H groups in total. The molecule has 0 radical (unpaired) electrons. The number of aryl methyl sites for hydroxylation is 1. The van der Waals surface area contributed by atoms with E-state index in [2.05, 4.69) is 29.6 Å². The molecule has 2 aromatic heterocycles. The number of imidazole rings is 1. The van der Waals surface area contributed by atoms with Crippen LogP contribution in [-0.4, -0.2) is 24.7 Å². The molecule has 0 spiro atoms. The molecule has 2 heterocycles. The third-order valence-electron chi connectivity index (χ3n) is 6.72. The van der Waals surface area contributed by atoms with Gasteiger partial charge in [-0.1, -0.05) is 73.9 Å². The maximum absolute atomic E-state index is 13.2. The van der Waals surface area contributed by atoms with Crippen LogP contribution >= 0.6 is 0 Å². The molecular weight excluding hydrogens is 414 g/mol. The van der Waals surface area contributed by atoms with Crippen LogP contribution < -0.4 is 16.6 Å². The van der Waals surface area contributed by atoms with Crippen LogP contribution in [0.15, 0.2) is 64.2 Å². The summed E-state index contributed by atoms with van der Waals surface area (Å²) >= 11 is 0. The van der Waals surface area contributed by atoms with Gasteiger partial charge in [0.1, 0.15) is 0 Å². The first-order chi connectivity index (χ1) is 16.0. The van der Waals surface area contributed by atoms with Crippen LogP contribution in [0.5, 0.6) is 0 Å². The molecule has 4 aromatic rings. The van der Waals surface area contributed by atoms with E-state index in [1.807, 2.05) is 34.9 Å².